The quantitative estimate of drug-likeness (QED) is 0.477. The highest BCUT2D eigenvalue weighted by Crippen LogP contribution is 2.32. The van der Waals surface area contributed by atoms with Crippen molar-refractivity contribution in [2.24, 2.45) is 0 Å². The van der Waals surface area contributed by atoms with Gasteiger partial charge in [0.2, 0.25) is 0 Å². The molecule has 6 heteroatoms. The van der Waals surface area contributed by atoms with Crippen molar-refractivity contribution in [3.63, 3.8) is 0 Å². The first kappa shape index (κ1) is 19.3. The first-order chi connectivity index (χ1) is 15.1. The average Bonchev–Trinajstić information content (AvgIpc) is 3.44. The molecule has 1 saturated heterocycles. The Hall–Kier alpha value is -3.64. The molecule has 1 unspecified atom stereocenters. The molecule has 156 valence electrons. The maximum atomic E-state index is 12.9. The Morgan fingerprint density at radius 3 is 2.39 bits per heavy atom. The third-order valence-corrected chi connectivity index (χ3v) is 5.67. The summed E-state index contributed by atoms with van der Waals surface area (Å²) in [6, 6.07) is 19.0. The predicted octanol–water partition coefficient (Wildman–Crippen LogP) is 5.26. The van der Waals surface area contributed by atoms with Gasteiger partial charge in [-0.1, -0.05) is 36.4 Å². The summed E-state index contributed by atoms with van der Waals surface area (Å²) in [5.41, 5.74) is 2.79. The Labute approximate surface area is 179 Å². The number of nitrogens with one attached hydrogen (secondary N) is 2. The third-order valence-electron chi connectivity index (χ3n) is 5.67. The van der Waals surface area contributed by atoms with E-state index in [-0.39, 0.29) is 17.9 Å². The minimum Gasteiger partial charge on any atom is -0.450 e. The number of hydrogen-bond acceptors (Lipinski definition) is 4. The molecule has 5 rings (SSSR count). The van der Waals surface area contributed by atoms with E-state index in [1.54, 1.807) is 24.3 Å². The van der Waals surface area contributed by atoms with Crippen LogP contribution in [-0.2, 0) is 9.53 Å². The lowest BCUT2D eigenvalue weighted by molar-refractivity contribution is -0.124. The van der Waals surface area contributed by atoms with E-state index in [0.29, 0.717) is 29.3 Å². The van der Waals surface area contributed by atoms with E-state index in [1.807, 2.05) is 43.3 Å². The summed E-state index contributed by atoms with van der Waals surface area (Å²) < 4.78 is 11.4. The van der Waals surface area contributed by atoms with E-state index in [4.69, 9.17) is 9.15 Å². The van der Waals surface area contributed by atoms with Crippen LogP contribution in [0.15, 0.2) is 65.1 Å². The molecule has 0 saturated carbocycles. The minimum absolute atomic E-state index is 0.139. The number of anilines is 2. The second-order valence-electron chi connectivity index (χ2n) is 7.74. The lowest BCUT2D eigenvalue weighted by Crippen LogP contribution is -2.26. The van der Waals surface area contributed by atoms with Gasteiger partial charge >= 0.3 is 0 Å². The van der Waals surface area contributed by atoms with Crippen molar-refractivity contribution >= 4 is 44.9 Å². The van der Waals surface area contributed by atoms with Crippen LogP contribution in [0.25, 0.3) is 21.7 Å². The normalized spacial score (nSPS) is 16.0. The molecule has 4 aromatic rings. The van der Waals surface area contributed by atoms with E-state index in [2.05, 4.69) is 10.6 Å². The zero-order valence-electron chi connectivity index (χ0n) is 17.1. The van der Waals surface area contributed by atoms with E-state index in [1.165, 1.54) is 0 Å². The molecule has 1 aromatic heterocycles. The number of ether oxygens (including phenoxy) is 1. The number of carbonyl (C=O) groups excluding carboxylic acids is 2. The molecular weight excluding hydrogens is 392 g/mol. The van der Waals surface area contributed by atoms with Gasteiger partial charge in [-0.3, -0.25) is 9.59 Å². The number of aryl methyl sites for hydroxylation is 1. The molecule has 0 bridgehead atoms. The molecule has 0 aliphatic carbocycles. The van der Waals surface area contributed by atoms with Gasteiger partial charge in [0.1, 0.15) is 11.7 Å². The smallest absolute Gasteiger partial charge is 0.291 e. The standard InChI is InChI=1S/C25H22N2O4/c1-15-19-13-8-16-5-2-3-6-20(16)23(19)31-22(15)25(29)27-18-11-9-17(10-12-18)26-24(28)21-7-4-14-30-21/h2-3,5-6,8-13,21H,4,7,14H2,1H3,(H,26,28)(H,27,29). The highest BCUT2D eigenvalue weighted by Gasteiger charge is 2.23. The molecular formula is C25H22N2O4. The fraction of sp³-hybridized carbons (Fsp3) is 0.200. The van der Waals surface area contributed by atoms with Crippen LogP contribution in [0.4, 0.5) is 11.4 Å². The molecule has 2 N–H and O–H groups in total. The van der Waals surface area contributed by atoms with Gasteiger partial charge in [-0.15, -0.1) is 0 Å². The van der Waals surface area contributed by atoms with Crippen molar-refractivity contribution in [3.8, 4) is 0 Å². The van der Waals surface area contributed by atoms with Crippen molar-refractivity contribution in [1.82, 2.24) is 0 Å². The summed E-state index contributed by atoms with van der Waals surface area (Å²) in [7, 11) is 0. The summed E-state index contributed by atoms with van der Waals surface area (Å²) in [4.78, 5) is 25.0. The number of carbonyl (C=O) groups is 2. The largest absolute Gasteiger partial charge is 0.450 e. The molecule has 1 aliphatic rings. The highest BCUT2D eigenvalue weighted by molar-refractivity contribution is 6.11. The van der Waals surface area contributed by atoms with Crippen LogP contribution in [0, 0.1) is 6.92 Å². The maximum absolute atomic E-state index is 12.9. The van der Waals surface area contributed by atoms with Crippen LogP contribution < -0.4 is 10.6 Å². The Morgan fingerprint density at radius 2 is 1.65 bits per heavy atom. The fourth-order valence-corrected chi connectivity index (χ4v) is 4.00. The molecule has 6 nitrogen and oxygen atoms in total. The number of hydrogen-bond donors (Lipinski definition) is 2. The SMILES string of the molecule is Cc1c(C(=O)Nc2ccc(NC(=O)C3CCCO3)cc2)oc2c1ccc1ccccc12. The van der Waals surface area contributed by atoms with Gasteiger partial charge in [-0.25, -0.2) is 0 Å². The lowest BCUT2D eigenvalue weighted by Gasteiger charge is -2.11. The summed E-state index contributed by atoms with van der Waals surface area (Å²) >= 11 is 0. The molecule has 1 fully saturated rings. The topological polar surface area (TPSA) is 80.6 Å². The van der Waals surface area contributed by atoms with Gasteiger partial charge in [-0.05, 0) is 49.4 Å². The number of benzene rings is 3. The van der Waals surface area contributed by atoms with Crippen LogP contribution in [0.1, 0.15) is 29.0 Å². The Bertz CT molecular complexity index is 1280. The van der Waals surface area contributed by atoms with Gasteiger partial charge in [0, 0.05) is 34.3 Å². The van der Waals surface area contributed by atoms with Crippen LogP contribution in [0.2, 0.25) is 0 Å². The molecule has 2 amide bonds. The zero-order valence-corrected chi connectivity index (χ0v) is 17.1. The lowest BCUT2D eigenvalue weighted by atomic mass is 10.1. The number of rotatable bonds is 4. The first-order valence-electron chi connectivity index (χ1n) is 10.3. The fourth-order valence-electron chi connectivity index (χ4n) is 4.00. The summed E-state index contributed by atoms with van der Waals surface area (Å²) in [6.07, 6.45) is 1.26. The number of fused-ring (bicyclic) bond motifs is 3. The van der Waals surface area contributed by atoms with E-state index < -0.39 is 0 Å². The van der Waals surface area contributed by atoms with Crippen LogP contribution in [0.5, 0.6) is 0 Å². The number of amides is 2. The molecule has 31 heavy (non-hydrogen) atoms. The Balaban J connectivity index is 1.34. The first-order valence-corrected chi connectivity index (χ1v) is 10.3. The zero-order chi connectivity index (χ0) is 21.4. The highest BCUT2D eigenvalue weighted by atomic mass is 16.5. The molecule has 2 heterocycles. The van der Waals surface area contributed by atoms with Crippen molar-refractivity contribution in [2.75, 3.05) is 17.2 Å². The van der Waals surface area contributed by atoms with Gasteiger partial charge in [0.25, 0.3) is 11.8 Å². The van der Waals surface area contributed by atoms with Gasteiger partial charge < -0.3 is 19.8 Å². The summed E-state index contributed by atoms with van der Waals surface area (Å²) in [5.74, 6) is -0.157. The molecule has 1 atom stereocenters. The number of furan rings is 1. The van der Waals surface area contributed by atoms with Gasteiger partial charge in [0.15, 0.2) is 5.76 Å². The van der Waals surface area contributed by atoms with Crippen molar-refractivity contribution in [3.05, 3.63) is 72.0 Å². The van der Waals surface area contributed by atoms with Gasteiger partial charge in [0.05, 0.1) is 0 Å². The Morgan fingerprint density at radius 1 is 0.903 bits per heavy atom. The third kappa shape index (κ3) is 3.66. The van der Waals surface area contributed by atoms with E-state index >= 15 is 0 Å². The van der Waals surface area contributed by atoms with Crippen molar-refractivity contribution < 1.29 is 18.7 Å². The minimum atomic E-state index is -0.383. The molecule has 1 aliphatic heterocycles. The van der Waals surface area contributed by atoms with Crippen LogP contribution in [0.3, 0.4) is 0 Å². The summed E-state index contributed by atoms with van der Waals surface area (Å²) in [5, 5.41) is 8.69. The van der Waals surface area contributed by atoms with Crippen LogP contribution >= 0.6 is 0 Å². The average molecular weight is 414 g/mol. The molecule has 0 radical (unpaired) electrons. The molecule has 0 spiro atoms. The van der Waals surface area contributed by atoms with Crippen molar-refractivity contribution in [1.29, 1.82) is 0 Å². The van der Waals surface area contributed by atoms with E-state index in [9.17, 15) is 9.59 Å². The Kier molecular flexibility index (Phi) is 4.92. The second-order valence-corrected chi connectivity index (χ2v) is 7.74. The van der Waals surface area contributed by atoms with Crippen LogP contribution in [-0.4, -0.2) is 24.5 Å². The predicted molar refractivity (Wildman–Crippen MR) is 120 cm³/mol. The van der Waals surface area contributed by atoms with Crippen molar-refractivity contribution in [2.45, 2.75) is 25.9 Å². The maximum Gasteiger partial charge on any atom is 0.291 e. The summed E-state index contributed by atoms with van der Waals surface area (Å²) in [6.45, 7) is 2.51. The monoisotopic (exact) mass is 414 g/mol. The second kappa shape index (κ2) is 7.89. The van der Waals surface area contributed by atoms with E-state index in [0.717, 1.165) is 34.6 Å². The molecule has 3 aromatic carbocycles. The van der Waals surface area contributed by atoms with Gasteiger partial charge in [-0.2, -0.15) is 0 Å².